The molecule has 0 amide bonds. The third kappa shape index (κ3) is 2.53. The Hall–Kier alpha value is -0.970. The number of nitrogens with zero attached hydrogens (tertiary/aromatic N) is 1. The van der Waals surface area contributed by atoms with E-state index < -0.39 is 21.8 Å². The number of halogens is 2. The molecular formula is C10H11BrFNO2. The van der Waals surface area contributed by atoms with Crippen LogP contribution in [0.2, 0.25) is 0 Å². The first kappa shape index (κ1) is 12.1. The Bertz CT molecular complexity index is 413. The van der Waals surface area contributed by atoms with Crippen LogP contribution in [-0.4, -0.2) is 4.92 Å². The van der Waals surface area contributed by atoms with E-state index in [1.807, 2.05) is 20.8 Å². The lowest BCUT2D eigenvalue weighted by Crippen LogP contribution is -2.14. The number of nitro benzene ring substituents is 1. The average Bonchev–Trinajstić information content (AvgIpc) is 2.06. The van der Waals surface area contributed by atoms with Crippen LogP contribution in [0.25, 0.3) is 0 Å². The molecule has 0 aliphatic heterocycles. The molecule has 0 heterocycles. The third-order valence-electron chi connectivity index (χ3n) is 2.02. The van der Waals surface area contributed by atoms with Crippen molar-refractivity contribution in [1.29, 1.82) is 0 Å². The summed E-state index contributed by atoms with van der Waals surface area (Å²) in [6.07, 6.45) is 0. The van der Waals surface area contributed by atoms with Crippen molar-refractivity contribution in [3.05, 3.63) is 38.1 Å². The van der Waals surface area contributed by atoms with Gasteiger partial charge in [-0.25, -0.2) is 0 Å². The van der Waals surface area contributed by atoms with E-state index in [-0.39, 0.29) is 0 Å². The van der Waals surface area contributed by atoms with Crippen LogP contribution in [0.1, 0.15) is 26.3 Å². The van der Waals surface area contributed by atoms with Crippen molar-refractivity contribution in [2.24, 2.45) is 0 Å². The summed E-state index contributed by atoms with van der Waals surface area (Å²) < 4.78 is 14.3. The van der Waals surface area contributed by atoms with Gasteiger partial charge in [-0.2, -0.15) is 4.39 Å². The van der Waals surface area contributed by atoms with Crippen LogP contribution in [0, 0.1) is 15.9 Å². The Labute approximate surface area is 95.6 Å². The molecule has 3 nitrogen and oxygen atoms in total. The number of rotatable bonds is 1. The van der Waals surface area contributed by atoms with E-state index in [1.54, 1.807) is 6.07 Å². The maximum atomic E-state index is 13.7. The number of hydrogen-bond acceptors (Lipinski definition) is 2. The fourth-order valence-corrected chi connectivity index (χ4v) is 1.70. The monoisotopic (exact) mass is 275 g/mol. The molecule has 1 aromatic carbocycles. The average molecular weight is 276 g/mol. The Balaban J connectivity index is 3.49. The summed E-state index contributed by atoms with van der Waals surface area (Å²) in [7, 11) is 0. The Morgan fingerprint density at radius 3 is 2.33 bits per heavy atom. The summed E-state index contributed by atoms with van der Waals surface area (Å²) in [6, 6.07) is 2.74. The van der Waals surface area contributed by atoms with E-state index in [2.05, 4.69) is 15.9 Å². The topological polar surface area (TPSA) is 43.1 Å². The van der Waals surface area contributed by atoms with Gasteiger partial charge in [-0.1, -0.05) is 36.7 Å². The summed E-state index contributed by atoms with van der Waals surface area (Å²) in [5, 5.41) is 10.6. The van der Waals surface area contributed by atoms with Crippen molar-refractivity contribution in [1.82, 2.24) is 0 Å². The SMILES string of the molecule is CC(C)(C)c1cc(Br)cc([N+](=O)[O-])c1F. The van der Waals surface area contributed by atoms with Gasteiger partial charge in [-0.15, -0.1) is 0 Å². The number of benzene rings is 1. The lowest BCUT2D eigenvalue weighted by molar-refractivity contribution is -0.387. The molecule has 5 heteroatoms. The fraction of sp³-hybridized carbons (Fsp3) is 0.400. The van der Waals surface area contributed by atoms with Crippen molar-refractivity contribution in [2.75, 3.05) is 0 Å². The lowest BCUT2D eigenvalue weighted by atomic mass is 9.86. The minimum Gasteiger partial charge on any atom is -0.258 e. The summed E-state index contributed by atoms with van der Waals surface area (Å²) >= 11 is 3.14. The van der Waals surface area contributed by atoms with E-state index in [0.29, 0.717) is 10.0 Å². The summed E-state index contributed by atoms with van der Waals surface area (Å²) in [4.78, 5) is 9.88. The summed E-state index contributed by atoms with van der Waals surface area (Å²) in [5.41, 5.74) is -0.614. The first-order valence-corrected chi connectivity index (χ1v) is 5.16. The molecule has 0 N–H and O–H groups in total. The molecule has 0 bridgehead atoms. The third-order valence-corrected chi connectivity index (χ3v) is 2.48. The van der Waals surface area contributed by atoms with Crippen LogP contribution < -0.4 is 0 Å². The van der Waals surface area contributed by atoms with Gasteiger partial charge < -0.3 is 0 Å². The normalized spacial score (nSPS) is 11.5. The highest BCUT2D eigenvalue weighted by molar-refractivity contribution is 9.10. The Morgan fingerprint density at radius 1 is 1.40 bits per heavy atom. The van der Waals surface area contributed by atoms with E-state index in [9.17, 15) is 14.5 Å². The smallest absolute Gasteiger partial charge is 0.258 e. The molecule has 0 radical (unpaired) electrons. The first-order valence-electron chi connectivity index (χ1n) is 4.37. The van der Waals surface area contributed by atoms with Crippen molar-refractivity contribution in [2.45, 2.75) is 26.2 Å². The second-order valence-electron chi connectivity index (χ2n) is 4.29. The van der Waals surface area contributed by atoms with Crippen molar-refractivity contribution in [3.8, 4) is 0 Å². The van der Waals surface area contributed by atoms with Gasteiger partial charge >= 0.3 is 5.69 Å². The molecular weight excluding hydrogens is 265 g/mol. The van der Waals surface area contributed by atoms with E-state index >= 15 is 0 Å². The predicted octanol–water partition coefficient (Wildman–Crippen LogP) is 3.79. The van der Waals surface area contributed by atoms with Crippen LogP contribution in [0.5, 0.6) is 0 Å². The second-order valence-corrected chi connectivity index (χ2v) is 5.21. The summed E-state index contributed by atoms with van der Waals surface area (Å²) in [6.45, 7) is 5.42. The van der Waals surface area contributed by atoms with Crippen molar-refractivity contribution < 1.29 is 9.31 Å². The Kier molecular flexibility index (Phi) is 3.13. The highest BCUT2D eigenvalue weighted by Crippen LogP contribution is 2.33. The molecule has 82 valence electrons. The van der Waals surface area contributed by atoms with Crippen LogP contribution in [0.4, 0.5) is 10.1 Å². The highest BCUT2D eigenvalue weighted by Gasteiger charge is 2.26. The molecule has 0 aliphatic rings. The Morgan fingerprint density at radius 2 is 1.93 bits per heavy atom. The van der Waals surface area contributed by atoms with Crippen LogP contribution in [0.15, 0.2) is 16.6 Å². The predicted molar refractivity (Wildman–Crippen MR) is 59.5 cm³/mol. The zero-order valence-corrected chi connectivity index (χ0v) is 10.3. The van der Waals surface area contributed by atoms with Crippen LogP contribution in [0.3, 0.4) is 0 Å². The van der Waals surface area contributed by atoms with Crippen LogP contribution in [-0.2, 0) is 5.41 Å². The van der Waals surface area contributed by atoms with E-state index in [1.165, 1.54) is 6.07 Å². The quantitative estimate of drug-likeness (QED) is 0.578. The van der Waals surface area contributed by atoms with E-state index in [4.69, 9.17) is 0 Å². The summed E-state index contributed by atoms with van der Waals surface area (Å²) in [5.74, 6) is -0.754. The zero-order valence-electron chi connectivity index (χ0n) is 8.67. The van der Waals surface area contributed by atoms with E-state index in [0.717, 1.165) is 0 Å². The molecule has 1 aromatic rings. The fourth-order valence-electron chi connectivity index (χ4n) is 1.25. The molecule has 1 rings (SSSR count). The van der Waals surface area contributed by atoms with Gasteiger partial charge in [0, 0.05) is 16.1 Å². The van der Waals surface area contributed by atoms with Gasteiger partial charge in [0.25, 0.3) is 0 Å². The van der Waals surface area contributed by atoms with Gasteiger partial charge in [0.2, 0.25) is 5.82 Å². The first-order chi connectivity index (χ1) is 6.73. The standard InChI is InChI=1S/C10H11BrFNO2/c1-10(2,3)7-4-6(11)5-8(9(7)12)13(14)15/h4-5H,1-3H3. The largest absolute Gasteiger partial charge is 0.306 e. The zero-order chi connectivity index (χ0) is 11.8. The molecule has 0 saturated heterocycles. The molecule has 0 atom stereocenters. The maximum Gasteiger partial charge on any atom is 0.306 e. The van der Waals surface area contributed by atoms with Crippen LogP contribution >= 0.6 is 15.9 Å². The molecule has 15 heavy (non-hydrogen) atoms. The second kappa shape index (κ2) is 3.89. The lowest BCUT2D eigenvalue weighted by Gasteiger charge is -2.19. The number of nitro groups is 1. The molecule has 0 fully saturated rings. The highest BCUT2D eigenvalue weighted by atomic mass is 79.9. The van der Waals surface area contributed by atoms with Gasteiger partial charge in [0.1, 0.15) is 0 Å². The van der Waals surface area contributed by atoms with Gasteiger partial charge in [0.05, 0.1) is 4.92 Å². The molecule has 0 spiro atoms. The minimum absolute atomic E-state index is 0.337. The molecule has 0 aliphatic carbocycles. The molecule has 0 aromatic heterocycles. The van der Waals surface area contributed by atoms with Crippen molar-refractivity contribution in [3.63, 3.8) is 0 Å². The number of hydrogen-bond donors (Lipinski definition) is 0. The van der Waals surface area contributed by atoms with Crippen molar-refractivity contribution >= 4 is 21.6 Å². The minimum atomic E-state index is -0.754. The maximum absolute atomic E-state index is 13.7. The van der Waals surface area contributed by atoms with Gasteiger partial charge in [-0.3, -0.25) is 10.1 Å². The molecule has 0 unspecified atom stereocenters. The van der Waals surface area contributed by atoms with Gasteiger partial charge in [-0.05, 0) is 11.5 Å². The van der Waals surface area contributed by atoms with Gasteiger partial charge in [0.15, 0.2) is 0 Å². The molecule has 0 saturated carbocycles.